The molecule has 5 nitrogen and oxygen atoms in total. The number of nitrogens with zero attached hydrogens (tertiary/aromatic N) is 1. The van der Waals surface area contributed by atoms with E-state index in [9.17, 15) is 0 Å². The van der Waals surface area contributed by atoms with E-state index in [1.165, 1.54) is 0 Å². The lowest BCUT2D eigenvalue weighted by atomic mass is 10.1. The molecule has 1 saturated heterocycles. The second-order valence-corrected chi connectivity index (χ2v) is 3.91. The van der Waals surface area contributed by atoms with Gasteiger partial charge < -0.3 is 15.2 Å². The van der Waals surface area contributed by atoms with Crippen LogP contribution < -0.4 is 11.2 Å². The van der Waals surface area contributed by atoms with E-state index in [1.54, 1.807) is 7.11 Å². The molecule has 0 aromatic heterocycles. The molecule has 0 radical (unpaired) electrons. The zero-order valence-electron chi connectivity index (χ0n) is 9.08. The molecule has 0 aromatic rings. The van der Waals surface area contributed by atoms with Crippen molar-refractivity contribution >= 4 is 0 Å². The summed E-state index contributed by atoms with van der Waals surface area (Å²) in [6.07, 6.45) is 0. The van der Waals surface area contributed by atoms with Crippen LogP contribution in [0.5, 0.6) is 0 Å². The highest BCUT2D eigenvalue weighted by Crippen LogP contribution is 2.04. The zero-order valence-corrected chi connectivity index (χ0v) is 9.08. The average molecular weight is 203 g/mol. The van der Waals surface area contributed by atoms with E-state index in [1.807, 2.05) is 0 Å². The molecular formula is C9H21N3O2. The predicted molar refractivity (Wildman–Crippen MR) is 54.9 cm³/mol. The Labute approximate surface area is 85.5 Å². The minimum Gasteiger partial charge on any atom is -0.383 e. The summed E-state index contributed by atoms with van der Waals surface area (Å²) in [6, 6.07) is 0. The van der Waals surface area contributed by atoms with Gasteiger partial charge in [-0.05, 0) is 6.92 Å². The van der Waals surface area contributed by atoms with Crippen LogP contribution in [0.15, 0.2) is 0 Å². The van der Waals surface area contributed by atoms with Crippen LogP contribution in [0.4, 0.5) is 0 Å². The molecule has 3 N–H and O–H groups in total. The van der Waals surface area contributed by atoms with E-state index in [0.29, 0.717) is 13.2 Å². The largest absolute Gasteiger partial charge is 0.383 e. The molecule has 1 heterocycles. The van der Waals surface area contributed by atoms with Crippen LogP contribution in [0, 0.1) is 0 Å². The Balaban J connectivity index is 2.37. The van der Waals surface area contributed by atoms with Crippen molar-refractivity contribution in [2.45, 2.75) is 12.5 Å². The molecule has 14 heavy (non-hydrogen) atoms. The maximum atomic E-state index is 5.71. The third kappa shape index (κ3) is 3.51. The highest BCUT2D eigenvalue weighted by molar-refractivity contribution is 4.83. The molecule has 0 saturated carbocycles. The molecule has 0 aliphatic carbocycles. The number of hydrazine groups is 1. The van der Waals surface area contributed by atoms with E-state index >= 15 is 0 Å². The van der Waals surface area contributed by atoms with Crippen LogP contribution in [0.25, 0.3) is 0 Å². The number of hydrogen-bond acceptors (Lipinski definition) is 5. The summed E-state index contributed by atoms with van der Waals surface area (Å²) in [5.41, 5.74) is 8.92. The van der Waals surface area contributed by atoms with Gasteiger partial charge in [0.1, 0.15) is 0 Å². The van der Waals surface area contributed by atoms with Crippen LogP contribution in [0.3, 0.4) is 0 Å². The molecule has 1 aliphatic heterocycles. The summed E-state index contributed by atoms with van der Waals surface area (Å²) in [5, 5.41) is 2.15. The Morgan fingerprint density at radius 3 is 2.64 bits per heavy atom. The van der Waals surface area contributed by atoms with Crippen molar-refractivity contribution in [2.24, 2.45) is 5.73 Å². The minimum absolute atomic E-state index is 0.175. The maximum Gasteiger partial charge on any atom is 0.0667 e. The van der Waals surface area contributed by atoms with Crippen LogP contribution >= 0.6 is 0 Å². The van der Waals surface area contributed by atoms with Gasteiger partial charge in [-0.3, -0.25) is 0 Å². The smallest absolute Gasteiger partial charge is 0.0667 e. The summed E-state index contributed by atoms with van der Waals surface area (Å²) in [7, 11) is 1.69. The van der Waals surface area contributed by atoms with Gasteiger partial charge in [0.2, 0.25) is 0 Å². The summed E-state index contributed by atoms with van der Waals surface area (Å²) in [5.74, 6) is 0. The number of nitrogens with one attached hydrogen (secondary N) is 1. The van der Waals surface area contributed by atoms with Gasteiger partial charge in [0.15, 0.2) is 0 Å². The molecule has 5 heteroatoms. The van der Waals surface area contributed by atoms with Crippen LogP contribution in [0.2, 0.25) is 0 Å². The van der Waals surface area contributed by atoms with E-state index in [0.717, 1.165) is 26.3 Å². The van der Waals surface area contributed by atoms with E-state index in [4.69, 9.17) is 15.2 Å². The van der Waals surface area contributed by atoms with E-state index in [-0.39, 0.29) is 5.54 Å². The lowest BCUT2D eigenvalue weighted by Gasteiger charge is -2.37. The van der Waals surface area contributed by atoms with Gasteiger partial charge in [0.25, 0.3) is 0 Å². The summed E-state index contributed by atoms with van der Waals surface area (Å²) >= 11 is 0. The first kappa shape index (κ1) is 11.9. The first-order chi connectivity index (χ1) is 6.70. The number of morpholine rings is 1. The minimum atomic E-state index is -0.175. The lowest BCUT2D eigenvalue weighted by molar-refractivity contribution is -0.0228. The molecule has 1 rings (SSSR count). The van der Waals surface area contributed by atoms with Gasteiger partial charge in [-0.15, -0.1) is 0 Å². The Kier molecular flexibility index (Phi) is 4.77. The zero-order chi connectivity index (χ0) is 10.4. The standard InChI is InChI=1S/C9H21N3O2/c1-9(7-10,8-13-2)11-12-3-5-14-6-4-12/h11H,3-8,10H2,1-2H3. The number of methoxy groups -OCH3 is 1. The number of nitrogens with two attached hydrogens (primary N) is 1. The highest BCUT2D eigenvalue weighted by atomic mass is 16.5. The summed E-state index contributed by atoms with van der Waals surface area (Å²) in [6.45, 7) is 6.59. The molecule has 0 amide bonds. The first-order valence-corrected chi connectivity index (χ1v) is 5.00. The highest BCUT2D eigenvalue weighted by Gasteiger charge is 2.25. The Hall–Kier alpha value is -0.200. The molecule has 1 aliphatic rings. The van der Waals surface area contributed by atoms with Crippen molar-refractivity contribution in [1.29, 1.82) is 0 Å². The fraction of sp³-hybridized carbons (Fsp3) is 1.00. The monoisotopic (exact) mass is 203 g/mol. The predicted octanol–water partition coefficient (Wildman–Crippen LogP) is -0.813. The Morgan fingerprint density at radius 2 is 2.14 bits per heavy atom. The van der Waals surface area contributed by atoms with Crippen LogP contribution in [-0.4, -0.2) is 57.1 Å². The van der Waals surface area contributed by atoms with Gasteiger partial charge in [-0.25, -0.2) is 10.4 Å². The summed E-state index contributed by atoms with van der Waals surface area (Å²) < 4.78 is 10.4. The average Bonchev–Trinajstić information content (AvgIpc) is 2.20. The Bertz CT molecular complexity index is 162. The third-order valence-corrected chi connectivity index (χ3v) is 2.35. The van der Waals surface area contributed by atoms with Crippen LogP contribution in [0.1, 0.15) is 6.92 Å². The van der Waals surface area contributed by atoms with Gasteiger partial charge in [0, 0.05) is 26.7 Å². The second-order valence-electron chi connectivity index (χ2n) is 3.91. The maximum absolute atomic E-state index is 5.71. The molecule has 1 atom stereocenters. The van der Waals surface area contributed by atoms with Gasteiger partial charge in [-0.1, -0.05) is 0 Å². The SMILES string of the molecule is COCC(C)(CN)NN1CCOCC1. The molecule has 1 fully saturated rings. The van der Waals surface area contributed by atoms with E-state index < -0.39 is 0 Å². The topological polar surface area (TPSA) is 59.8 Å². The van der Waals surface area contributed by atoms with Crippen molar-refractivity contribution < 1.29 is 9.47 Å². The Morgan fingerprint density at radius 1 is 1.50 bits per heavy atom. The van der Waals surface area contributed by atoms with Gasteiger partial charge >= 0.3 is 0 Å². The molecule has 1 unspecified atom stereocenters. The van der Waals surface area contributed by atoms with Crippen molar-refractivity contribution in [1.82, 2.24) is 10.4 Å². The summed E-state index contributed by atoms with van der Waals surface area (Å²) in [4.78, 5) is 0. The van der Waals surface area contributed by atoms with Gasteiger partial charge in [-0.2, -0.15) is 0 Å². The fourth-order valence-corrected chi connectivity index (χ4v) is 1.51. The van der Waals surface area contributed by atoms with Crippen molar-refractivity contribution in [3.63, 3.8) is 0 Å². The molecule has 0 spiro atoms. The molecule has 0 bridgehead atoms. The third-order valence-electron chi connectivity index (χ3n) is 2.35. The first-order valence-electron chi connectivity index (χ1n) is 5.00. The fourth-order valence-electron chi connectivity index (χ4n) is 1.51. The van der Waals surface area contributed by atoms with Crippen LogP contribution in [-0.2, 0) is 9.47 Å². The van der Waals surface area contributed by atoms with Gasteiger partial charge in [0.05, 0.1) is 25.4 Å². The molecule has 0 aromatic carbocycles. The quantitative estimate of drug-likeness (QED) is 0.612. The van der Waals surface area contributed by atoms with Crippen molar-refractivity contribution in [3.05, 3.63) is 0 Å². The normalized spacial score (nSPS) is 23.4. The van der Waals surface area contributed by atoms with Crippen molar-refractivity contribution in [2.75, 3.05) is 46.6 Å². The second kappa shape index (κ2) is 5.63. The van der Waals surface area contributed by atoms with Crippen molar-refractivity contribution in [3.8, 4) is 0 Å². The number of hydrogen-bond donors (Lipinski definition) is 2. The molecular weight excluding hydrogens is 182 g/mol. The number of rotatable bonds is 5. The van der Waals surface area contributed by atoms with E-state index in [2.05, 4.69) is 17.4 Å². The lowest BCUT2D eigenvalue weighted by Crippen LogP contribution is -2.61. The number of ether oxygens (including phenoxy) is 2. The molecule has 84 valence electrons.